The molecule has 2 aliphatic heterocycles. The van der Waals surface area contributed by atoms with E-state index in [2.05, 4.69) is 69.9 Å². The minimum absolute atomic E-state index is 0.00959. The Kier molecular flexibility index (Phi) is 9.65. The summed E-state index contributed by atoms with van der Waals surface area (Å²) in [4.78, 5) is 6.05. The van der Waals surface area contributed by atoms with Gasteiger partial charge in [-0.2, -0.15) is 5.10 Å². The third-order valence-corrected chi connectivity index (χ3v) is 16.2. The van der Waals surface area contributed by atoms with Gasteiger partial charge in [0, 0.05) is 43.1 Å². The van der Waals surface area contributed by atoms with Crippen LogP contribution in [0.4, 0.5) is 8.78 Å². The number of benzene rings is 1. The summed E-state index contributed by atoms with van der Waals surface area (Å²) in [7, 11) is 0. The minimum Gasteiger partial charge on any atom is -0.382 e. The minimum atomic E-state index is -1.71. The molecular formula is C44H61F2N7O3. The van der Waals surface area contributed by atoms with Gasteiger partial charge in [-0.25, -0.2) is 23.1 Å². The Bertz CT molecular complexity index is 1930. The Hall–Kier alpha value is -3.06. The van der Waals surface area contributed by atoms with Crippen molar-refractivity contribution in [1.82, 2.24) is 34.7 Å². The highest BCUT2D eigenvalue weighted by molar-refractivity contribution is 5.28. The Balaban J connectivity index is 0.887. The van der Waals surface area contributed by atoms with Crippen molar-refractivity contribution in [3.05, 3.63) is 71.6 Å². The number of hydrogen-bond acceptors (Lipinski definition) is 8. The van der Waals surface area contributed by atoms with Crippen molar-refractivity contribution in [2.45, 2.75) is 142 Å². The Morgan fingerprint density at radius 1 is 1.09 bits per heavy atom. The highest BCUT2D eigenvalue weighted by atomic mass is 19.1. The molecular weight excluding hydrogens is 713 g/mol. The first-order valence-electron chi connectivity index (χ1n) is 21.4. The van der Waals surface area contributed by atoms with Crippen LogP contribution in [0.25, 0.3) is 0 Å². The van der Waals surface area contributed by atoms with E-state index in [0.717, 1.165) is 50.5 Å². The summed E-state index contributed by atoms with van der Waals surface area (Å²) >= 11 is 0. The smallest absolute Gasteiger partial charge is 0.171 e. The molecule has 3 aromatic rings. The number of allylic oxidation sites excluding steroid dienone is 2. The maximum Gasteiger partial charge on any atom is 0.171 e. The Labute approximate surface area is 330 Å². The second-order valence-electron chi connectivity index (χ2n) is 19.6. The van der Waals surface area contributed by atoms with Crippen LogP contribution < -0.4 is 0 Å². The van der Waals surface area contributed by atoms with E-state index in [9.17, 15) is 9.50 Å². The lowest BCUT2D eigenvalue weighted by Crippen LogP contribution is -2.52. The van der Waals surface area contributed by atoms with Crippen LogP contribution in [0.1, 0.15) is 117 Å². The first-order valence-corrected chi connectivity index (χ1v) is 21.4. The van der Waals surface area contributed by atoms with Gasteiger partial charge >= 0.3 is 0 Å². The number of nitrogens with zero attached hydrogens (tertiary/aromatic N) is 7. The fourth-order valence-corrected chi connectivity index (χ4v) is 13.1. The van der Waals surface area contributed by atoms with Crippen molar-refractivity contribution in [3.8, 4) is 0 Å². The molecule has 1 aromatic carbocycles. The molecule has 0 amide bonds. The SMILES string of the molecule is CC(C)N(Cc1cn([C@@H]2CC[C@@]3(C)C(=CC[C@H]4[C@@H]5C[C@@H]6O[C@]7(CC[C@@H](C)CO7)[C@@H](C)[C@@H]6[C@@]5(C)CC[C@@H]43)C2)nn1)CC(O)(Cn1cncn1)c1ccc(F)cc1F. The number of aliphatic hydroxyl groups is 1. The van der Waals surface area contributed by atoms with Gasteiger partial charge in [-0.1, -0.05) is 50.6 Å². The van der Waals surface area contributed by atoms with Crippen molar-refractivity contribution in [1.29, 1.82) is 0 Å². The van der Waals surface area contributed by atoms with Gasteiger partial charge in [-0.05, 0) is 112 Å². The van der Waals surface area contributed by atoms with Gasteiger partial charge < -0.3 is 14.6 Å². The molecule has 0 bridgehead atoms. The zero-order valence-electron chi connectivity index (χ0n) is 34.1. The quantitative estimate of drug-likeness (QED) is 0.220. The van der Waals surface area contributed by atoms with Crippen LogP contribution in [0.2, 0.25) is 0 Å². The molecule has 56 heavy (non-hydrogen) atoms. The van der Waals surface area contributed by atoms with E-state index in [1.807, 2.05) is 13.8 Å². The number of aromatic nitrogens is 6. The molecule has 12 heteroatoms. The highest BCUT2D eigenvalue weighted by Crippen LogP contribution is 2.71. The zero-order valence-corrected chi connectivity index (χ0v) is 34.1. The lowest BCUT2D eigenvalue weighted by Gasteiger charge is -2.58. The lowest BCUT2D eigenvalue weighted by molar-refractivity contribution is -0.272. The van der Waals surface area contributed by atoms with E-state index in [-0.39, 0.29) is 41.9 Å². The first-order chi connectivity index (χ1) is 26.7. The summed E-state index contributed by atoms with van der Waals surface area (Å²) in [5.41, 5.74) is 1.20. The van der Waals surface area contributed by atoms with Crippen molar-refractivity contribution >= 4 is 0 Å². The monoisotopic (exact) mass is 773 g/mol. The van der Waals surface area contributed by atoms with E-state index in [4.69, 9.17) is 9.47 Å². The molecule has 12 atom stereocenters. The molecule has 1 spiro atoms. The molecule has 304 valence electrons. The standard InChI is InChI=1S/C44H61F2N7O3/c1-27(2)51(23-43(54,24-52-26-47-25-48-52)36-10-8-31(45)18-38(36)46)20-32-21-53(50-49-32)33-12-14-41(5)30(17-33)7-9-34-35(41)13-15-42(6)37(34)19-39-40(42)29(4)44(56-39)16-11-28(3)22-55-44/h7-8,10,18,21,25-29,33-35,37,39-40,54H,9,11-17,19-20,22-24H2,1-6H3/t28-,29+,33-,34-,35+,37+,39+,40+,41+,42+,43?,44-/m1/s1. The van der Waals surface area contributed by atoms with Crippen LogP contribution in [-0.4, -0.2) is 70.8 Å². The summed E-state index contributed by atoms with van der Waals surface area (Å²) in [5.74, 6) is 1.88. The number of halogens is 2. The van der Waals surface area contributed by atoms with Crippen LogP contribution in [0.3, 0.4) is 0 Å². The van der Waals surface area contributed by atoms with Gasteiger partial charge in [0.2, 0.25) is 0 Å². The summed E-state index contributed by atoms with van der Waals surface area (Å²) in [6, 6.07) is 3.52. The first kappa shape index (κ1) is 38.5. The second kappa shape index (κ2) is 14.1. The molecule has 9 rings (SSSR count). The number of ether oxygens (including phenoxy) is 2. The number of rotatable bonds is 9. The van der Waals surface area contributed by atoms with E-state index < -0.39 is 17.2 Å². The van der Waals surface area contributed by atoms with Gasteiger partial charge in [0.15, 0.2) is 5.79 Å². The normalized spacial score (nSPS) is 38.9. The molecule has 10 nitrogen and oxygen atoms in total. The average Bonchev–Trinajstić information content (AvgIpc) is 3.95. The molecule has 2 saturated heterocycles. The predicted molar refractivity (Wildman–Crippen MR) is 207 cm³/mol. The van der Waals surface area contributed by atoms with E-state index >= 15 is 4.39 Å². The van der Waals surface area contributed by atoms with Crippen molar-refractivity contribution in [2.75, 3.05) is 13.2 Å². The van der Waals surface area contributed by atoms with Crippen molar-refractivity contribution in [2.24, 2.45) is 46.3 Å². The van der Waals surface area contributed by atoms with Crippen LogP contribution in [0.15, 0.2) is 48.7 Å². The average molecular weight is 774 g/mol. The zero-order chi connectivity index (χ0) is 39.2. The van der Waals surface area contributed by atoms with Crippen molar-refractivity contribution < 1.29 is 23.4 Å². The van der Waals surface area contributed by atoms with Crippen LogP contribution in [-0.2, 0) is 28.2 Å². The molecule has 1 unspecified atom stereocenters. The highest BCUT2D eigenvalue weighted by Gasteiger charge is 2.68. The molecule has 0 radical (unpaired) electrons. The summed E-state index contributed by atoms with van der Waals surface area (Å²) in [6.07, 6.45) is 18.2. The Morgan fingerprint density at radius 2 is 1.93 bits per heavy atom. The summed E-state index contributed by atoms with van der Waals surface area (Å²) < 4.78 is 46.2. The largest absolute Gasteiger partial charge is 0.382 e. The topological polar surface area (TPSA) is 103 Å². The molecule has 2 aromatic heterocycles. The second-order valence-corrected chi connectivity index (χ2v) is 19.6. The number of hydrogen-bond donors (Lipinski definition) is 1. The van der Waals surface area contributed by atoms with E-state index in [1.54, 1.807) is 5.57 Å². The Morgan fingerprint density at radius 3 is 2.66 bits per heavy atom. The molecule has 3 saturated carbocycles. The molecule has 4 heterocycles. The van der Waals surface area contributed by atoms with Gasteiger partial charge in [0.05, 0.1) is 37.2 Å². The lowest BCUT2D eigenvalue weighted by atomic mass is 9.46. The summed E-state index contributed by atoms with van der Waals surface area (Å²) in [6.45, 7) is 15.2. The maximum atomic E-state index is 15.2. The summed E-state index contributed by atoms with van der Waals surface area (Å²) in [5, 5.41) is 25.5. The van der Waals surface area contributed by atoms with Crippen LogP contribution in [0, 0.1) is 58.0 Å². The fraction of sp³-hybridized carbons (Fsp3) is 0.727. The number of fused-ring (bicyclic) bond motifs is 7. The van der Waals surface area contributed by atoms with Gasteiger partial charge in [0.25, 0.3) is 0 Å². The van der Waals surface area contributed by atoms with Gasteiger partial charge in [-0.3, -0.25) is 4.90 Å². The maximum absolute atomic E-state index is 15.2. The van der Waals surface area contributed by atoms with Gasteiger partial charge in [-0.15, -0.1) is 5.10 Å². The van der Waals surface area contributed by atoms with Crippen LogP contribution in [0.5, 0.6) is 0 Å². The third-order valence-electron chi connectivity index (χ3n) is 16.2. The molecule has 1 N–H and O–H groups in total. The predicted octanol–water partition coefficient (Wildman–Crippen LogP) is 7.85. The van der Waals surface area contributed by atoms with E-state index in [1.165, 1.54) is 55.2 Å². The molecule has 6 aliphatic rings. The fourth-order valence-electron chi connectivity index (χ4n) is 13.1. The molecule has 4 aliphatic carbocycles. The van der Waals surface area contributed by atoms with Crippen LogP contribution >= 0.6 is 0 Å². The third kappa shape index (κ3) is 6.31. The van der Waals surface area contributed by atoms with Crippen molar-refractivity contribution in [3.63, 3.8) is 0 Å². The molecule has 5 fully saturated rings. The van der Waals surface area contributed by atoms with Gasteiger partial charge in [0.1, 0.15) is 29.9 Å². The van der Waals surface area contributed by atoms with E-state index in [0.29, 0.717) is 53.6 Å².